The Kier molecular flexibility index (Phi) is 4.62. The molecule has 2 fully saturated rings. The van der Waals surface area contributed by atoms with Crippen molar-refractivity contribution in [3.63, 3.8) is 0 Å². The molecule has 2 aliphatic rings. The van der Waals surface area contributed by atoms with Gasteiger partial charge in [0.15, 0.2) is 0 Å². The van der Waals surface area contributed by atoms with Gasteiger partial charge in [0.2, 0.25) is 0 Å². The average molecular weight is 226 g/mol. The molecule has 2 rings (SSSR count). The molecule has 2 saturated heterocycles. The predicted octanol–water partition coefficient (Wildman–Crippen LogP) is 1.47. The highest BCUT2D eigenvalue weighted by molar-refractivity contribution is 4.80. The molecule has 3 heteroatoms. The van der Waals surface area contributed by atoms with Gasteiger partial charge in [0.05, 0.1) is 6.61 Å². The quantitative estimate of drug-likeness (QED) is 0.775. The number of hydrogen-bond acceptors (Lipinski definition) is 3. The Labute approximate surface area is 99.3 Å². The van der Waals surface area contributed by atoms with E-state index in [0.717, 1.165) is 32.1 Å². The standard InChI is InChI=1S/C13H26N2O/c1-11-3-2-6-15(7-4-11)9-12-10-16-8-5-13(12)14/h11-13H,2-10,14H2,1H3. The molecule has 0 bridgehead atoms. The third kappa shape index (κ3) is 3.44. The van der Waals surface area contributed by atoms with Gasteiger partial charge in [-0.3, -0.25) is 0 Å². The molecular weight excluding hydrogens is 200 g/mol. The fourth-order valence-corrected chi connectivity index (χ4v) is 2.84. The Bertz CT molecular complexity index is 210. The van der Waals surface area contributed by atoms with Gasteiger partial charge in [-0.15, -0.1) is 0 Å². The lowest BCUT2D eigenvalue weighted by atomic mass is 9.96. The first kappa shape index (κ1) is 12.3. The van der Waals surface area contributed by atoms with Gasteiger partial charge in [-0.1, -0.05) is 6.92 Å². The second-order valence-electron chi connectivity index (χ2n) is 5.62. The van der Waals surface area contributed by atoms with Crippen molar-refractivity contribution >= 4 is 0 Å². The van der Waals surface area contributed by atoms with E-state index in [4.69, 9.17) is 10.5 Å². The van der Waals surface area contributed by atoms with Crippen LogP contribution in [0.3, 0.4) is 0 Å². The molecule has 0 amide bonds. The summed E-state index contributed by atoms with van der Waals surface area (Å²) in [4.78, 5) is 2.60. The third-order valence-corrected chi connectivity index (χ3v) is 4.14. The minimum absolute atomic E-state index is 0.356. The molecule has 0 aromatic heterocycles. The van der Waals surface area contributed by atoms with E-state index >= 15 is 0 Å². The molecule has 2 heterocycles. The maximum Gasteiger partial charge on any atom is 0.0521 e. The summed E-state index contributed by atoms with van der Waals surface area (Å²) in [6, 6.07) is 0.356. The monoisotopic (exact) mass is 226 g/mol. The number of nitrogens with two attached hydrogens (primary N) is 1. The highest BCUT2D eigenvalue weighted by atomic mass is 16.5. The zero-order valence-electron chi connectivity index (χ0n) is 10.5. The molecule has 0 spiro atoms. The van der Waals surface area contributed by atoms with Crippen molar-refractivity contribution < 1.29 is 4.74 Å². The van der Waals surface area contributed by atoms with E-state index in [-0.39, 0.29) is 0 Å². The molecule has 0 aromatic rings. The van der Waals surface area contributed by atoms with Crippen LogP contribution < -0.4 is 5.73 Å². The molecular formula is C13H26N2O. The summed E-state index contributed by atoms with van der Waals surface area (Å²) in [5.74, 6) is 1.46. The summed E-state index contributed by atoms with van der Waals surface area (Å²) in [7, 11) is 0. The van der Waals surface area contributed by atoms with Crippen LogP contribution in [0.15, 0.2) is 0 Å². The van der Waals surface area contributed by atoms with Crippen LogP contribution in [0.5, 0.6) is 0 Å². The molecule has 0 radical (unpaired) electrons. The molecule has 94 valence electrons. The van der Waals surface area contributed by atoms with Gasteiger partial charge in [-0.2, -0.15) is 0 Å². The first-order chi connectivity index (χ1) is 7.75. The molecule has 0 aliphatic carbocycles. The summed E-state index contributed by atoms with van der Waals surface area (Å²) in [5, 5.41) is 0. The normalized spacial score (nSPS) is 38.2. The van der Waals surface area contributed by atoms with Crippen LogP contribution in [-0.4, -0.2) is 43.8 Å². The topological polar surface area (TPSA) is 38.5 Å². The summed E-state index contributed by atoms with van der Waals surface area (Å²) in [6.45, 7) is 7.76. The van der Waals surface area contributed by atoms with E-state index in [0.29, 0.717) is 12.0 Å². The van der Waals surface area contributed by atoms with Crippen LogP contribution in [0.4, 0.5) is 0 Å². The molecule has 2 N–H and O–H groups in total. The maximum atomic E-state index is 6.16. The maximum absolute atomic E-state index is 6.16. The highest BCUT2D eigenvalue weighted by Gasteiger charge is 2.25. The van der Waals surface area contributed by atoms with E-state index in [2.05, 4.69) is 11.8 Å². The zero-order chi connectivity index (χ0) is 11.4. The van der Waals surface area contributed by atoms with Crippen molar-refractivity contribution in [1.82, 2.24) is 4.90 Å². The summed E-state index contributed by atoms with van der Waals surface area (Å²) in [5.41, 5.74) is 6.16. The van der Waals surface area contributed by atoms with E-state index in [1.165, 1.54) is 32.4 Å². The minimum atomic E-state index is 0.356. The molecule has 0 aromatic carbocycles. The van der Waals surface area contributed by atoms with Gasteiger partial charge in [-0.25, -0.2) is 0 Å². The largest absolute Gasteiger partial charge is 0.381 e. The fraction of sp³-hybridized carbons (Fsp3) is 1.00. The minimum Gasteiger partial charge on any atom is -0.381 e. The highest BCUT2D eigenvalue weighted by Crippen LogP contribution is 2.20. The SMILES string of the molecule is CC1CCCN(CC2COCCC2N)CC1. The Morgan fingerprint density at radius 3 is 2.94 bits per heavy atom. The van der Waals surface area contributed by atoms with E-state index in [9.17, 15) is 0 Å². The lowest BCUT2D eigenvalue weighted by Crippen LogP contribution is -2.45. The average Bonchev–Trinajstić information content (AvgIpc) is 2.47. The van der Waals surface area contributed by atoms with E-state index in [1.807, 2.05) is 0 Å². The van der Waals surface area contributed by atoms with Gasteiger partial charge in [-0.05, 0) is 44.7 Å². The first-order valence-electron chi connectivity index (χ1n) is 6.81. The van der Waals surface area contributed by atoms with Gasteiger partial charge in [0, 0.05) is 25.1 Å². The van der Waals surface area contributed by atoms with Crippen molar-refractivity contribution in [2.24, 2.45) is 17.6 Å². The predicted molar refractivity (Wildman–Crippen MR) is 66.4 cm³/mol. The summed E-state index contributed by atoms with van der Waals surface area (Å²) >= 11 is 0. The van der Waals surface area contributed by atoms with Gasteiger partial charge in [0.1, 0.15) is 0 Å². The van der Waals surface area contributed by atoms with Crippen molar-refractivity contribution in [1.29, 1.82) is 0 Å². The van der Waals surface area contributed by atoms with Gasteiger partial charge >= 0.3 is 0 Å². The van der Waals surface area contributed by atoms with Crippen LogP contribution in [-0.2, 0) is 4.74 Å². The Hall–Kier alpha value is -0.120. The van der Waals surface area contributed by atoms with Crippen LogP contribution in [0.1, 0.15) is 32.6 Å². The van der Waals surface area contributed by atoms with Crippen molar-refractivity contribution in [2.45, 2.75) is 38.6 Å². The van der Waals surface area contributed by atoms with Crippen LogP contribution in [0, 0.1) is 11.8 Å². The smallest absolute Gasteiger partial charge is 0.0521 e. The third-order valence-electron chi connectivity index (χ3n) is 4.14. The second-order valence-corrected chi connectivity index (χ2v) is 5.62. The van der Waals surface area contributed by atoms with E-state index in [1.54, 1.807) is 0 Å². The fourth-order valence-electron chi connectivity index (χ4n) is 2.84. The number of ether oxygens (including phenoxy) is 1. The lowest BCUT2D eigenvalue weighted by molar-refractivity contribution is 0.0264. The number of likely N-dealkylation sites (tertiary alicyclic amines) is 1. The number of hydrogen-bond donors (Lipinski definition) is 1. The molecule has 16 heavy (non-hydrogen) atoms. The van der Waals surface area contributed by atoms with Crippen LogP contribution in [0.25, 0.3) is 0 Å². The lowest BCUT2D eigenvalue weighted by Gasteiger charge is -2.33. The number of rotatable bonds is 2. The molecule has 3 atom stereocenters. The Balaban J connectivity index is 1.79. The summed E-state index contributed by atoms with van der Waals surface area (Å²) < 4.78 is 5.54. The van der Waals surface area contributed by atoms with Gasteiger partial charge in [0.25, 0.3) is 0 Å². The van der Waals surface area contributed by atoms with Crippen molar-refractivity contribution in [3.8, 4) is 0 Å². The Morgan fingerprint density at radius 1 is 1.25 bits per heavy atom. The van der Waals surface area contributed by atoms with Crippen molar-refractivity contribution in [2.75, 3.05) is 32.8 Å². The number of nitrogens with zero attached hydrogens (tertiary/aromatic N) is 1. The molecule has 3 unspecified atom stereocenters. The van der Waals surface area contributed by atoms with Crippen molar-refractivity contribution in [3.05, 3.63) is 0 Å². The van der Waals surface area contributed by atoms with E-state index < -0.39 is 0 Å². The molecule has 0 saturated carbocycles. The van der Waals surface area contributed by atoms with Crippen LogP contribution >= 0.6 is 0 Å². The molecule has 3 nitrogen and oxygen atoms in total. The molecule has 2 aliphatic heterocycles. The van der Waals surface area contributed by atoms with Gasteiger partial charge < -0.3 is 15.4 Å². The Morgan fingerprint density at radius 2 is 2.12 bits per heavy atom. The summed E-state index contributed by atoms with van der Waals surface area (Å²) in [6.07, 6.45) is 5.13. The first-order valence-corrected chi connectivity index (χ1v) is 6.81. The zero-order valence-corrected chi connectivity index (χ0v) is 10.5. The van der Waals surface area contributed by atoms with Crippen LogP contribution in [0.2, 0.25) is 0 Å². The second kappa shape index (κ2) is 5.99.